The molecule has 0 saturated carbocycles. The van der Waals surface area contributed by atoms with Crippen molar-refractivity contribution < 1.29 is 9.53 Å². The van der Waals surface area contributed by atoms with Gasteiger partial charge < -0.3 is 14.9 Å². The second-order valence-electron chi connectivity index (χ2n) is 5.19. The third-order valence-electron chi connectivity index (χ3n) is 3.39. The smallest absolute Gasteiger partial charge is 0.332 e. The lowest BCUT2D eigenvalue weighted by atomic mass is 10.1. The number of urea groups is 1. The van der Waals surface area contributed by atoms with Crippen molar-refractivity contribution in [3.8, 4) is 5.75 Å². The molecule has 0 unspecified atom stereocenters. The number of nitrogens with one attached hydrogen (secondary N) is 1. The van der Waals surface area contributed by atoms with Crippen LogP contribution in [0.2, 0.25) is 0 Å². The Hall–Kier alpha value is -3.35. The summed E-state index contributed by atoms with van der Waals surface area (Å²) in [5, 5.41) is 3.90. The van der Waals surface area contributed by atoms with Gasteiger partial charge in [-0.25, -0.2) is 15.2 Å². The first kappa shape index (κ1) is 15.5. The van der Waals surface area contributed by atoms with Crippen molar-refractivity contribution in [3.63, 3.8) is 0 Å². The molecule has 0 bridgehead atoms. The van der Waals surface area contributed by atoms with Gasteiger partial charge in [0.15, 0.2) is 0 Å². The molecule has 0 radical (unpaired) electrons. The molecule has 2 amide bonds. The number of nitrogens with two attached hydrogens (primary N) is 1. The van der Waals surface area contributed by atoms with E-state index in [0.717, 1.165) is 16.9 Å². The van der Waals surface area contributed by atoms with Gasteiger partial charge in [0.1, 0.15) is 18.0 Å². The van der Waals surface area contributed by atoms with Crippen molar-refractivity contribution >= 4 is 17.4 Å². The van der Waals surface area contributed by atoms with Gasteiger partial charge in [-0.1, -0.05) is 18.2 Å². The Balaban J connectivity index is 1.70. The Kier molecular flexibility index (Phi) is 4.42. The predicted octanol–water partition coefficient (Wildman–Crippen LogP) is 2.31. The van der Waals surface area contributed by atoms with Crippen LogP contribution in [0.4, 0.5) is 4.79 Å². The van der Waals surface area contributed by atoms with Crippen molar-refractivity contribution in [2.24, 2.45) is 10.8 Å². The number of benzene rings is 1. The normalized spacial score (nSPS) is 11.5. The van der Waals surface area contributed by atoms with E-state index in [9.17, 15) is 4.79 Å². The molecule has 0 spiro atoms. The third-order valence-corrected chi connectivity index (χ3v) is 3.39. The van der Waals surface area contributed by atoms with Crippen molar-refractivity contribution in [2.75, 3.05) is 0 Å². The number of ether oxygens (including phenoxy) is 1. The van der Waals surface area contributed by atoms with Gasteiger partial charge in [0.25, 0.3) is 0 Å². The second-order valence-corrected chi connectivity index (χ2v) is 5.19. The Morgan fingerprint density at radius 1 is 1.33 bits per heavy atom. The molecule has 122 valence electrons. The molecule has 0 aliphatic rings. The van der Waals surface area contributed by atoms with Crippen molar-refractivity contribution in [1.29, 1.82) is 0 Å². The van der Waals surface area contributed by atoms with Crippen LogP contribution in [0.1, 0.15) is 18.2 Å². The quantitative estimate of drug-likeness (QED) is 0.557. The average molecular weight is 323 g/mol. The molecule has 1 aromatic carbocycles. The first-order valence-electron chi connectivity index (χ1n) is 7.37. The number of primary amides is 1. The summed E-state index contributed by atoms with van der Waals surface area (Å²) in [6.07, 6.45) is 3.88. The molecular weight excluding hydrogens is 306 g/mol. The van der Waals surface area contributed by atoms with E-state index in [2.05, 4.69) is 15.5 Å². The van der Waals surface area contributed by atoms with Crippen molar-refractivity contribution in [2.45, 2.75) is 13.5 Å². The highest BCUT2D eigenvalue weighted by Gasteiger charge is 2.04. The predicted molar refractivity (Wildman–Crippen MR) is 90.9 cm³/mol. The zero-order valence-corrected chi connectivity index (χ0v) is 13.1. The Morgan fingerprint density at radius 3 is 3.00 bits per heavy atom. The summed E-state index contributed by atoms with van der Waals surface area (Å²) in [6.45, 7) is 2.14. The number of hydrogen-bond donors (Lipinski definition) is 2. The molecule has 3 aromatic rings. The molecule has 0 saturated heterocycles. The molecule has 0 atom stereocenters. The lowest BCUT2D eigenvalue weighted by molar-refractivity contribution is 0.249. The first-order valence-corrected chi connectivity index (χ1v) is 7.37. The van der Waals surface area contributed by atoms with Crippen molar-refractivity contribution in [3.05, 3.63) is 66.1 Å². The molecule has 7 heteroatoms. The third kappa shape index (κ3) is 3.70. The van der Waals surface area contributed by atoms with E-state index < -0.39 is 6.03 Å². The summed E-state index contributed by atoms with van der Waals surface area (Å²) >= 11 is 0. The van der Waals surface area contributed by atoms with Gasteiger partial charge >= 0.3 is 6.03 Å². The number of pyridine rings is 1. The zero-order valence-electron chi connectivity index (χ0n) is 13.1. The van der Waals surface area contributed by atoms with Crippen LogP contribution in [0, 0.1) is 0 Å². The number of hydrogen-bond acceptors (Lipinski definition) is 4. The van der Waals surface area contributed by atoms with E-state index in [0.29, 0.717) is 18.1 Å². The zero-order chi connectivity index (χ0) is 16.9. The Bertz CT molecular complexity index is 868. The lowest BCUT2D eigenvalue weighted by Crippen LogP contribution is -2.25. The van der Waals surface area contributed by atoms with Crippen LogP contribution < -0.4 is 15.9 Å². The minimum Gasteiger partial charge on any atom is -0.487 e. The number of imidazole rings is 1. The van der Waals surface area contributed by atoms with E-state index >= 15 is 0 Å². The van der Waals surface area contributed by atoms with Crippen molar-refractivity contribution in [1.82, 2.24) is 14.8 Å². The van der Waals surface area contributed by atoms with Crippen LogP contribution in [-0.2, 0) is 6.61 Å². The Labute approximate surface area is 138 Å². The van der Waals surface area contributed by atoms with Gasteiger partial charge in [-0.15, -0.1) is 0 Å². The van der Waals surface area contributed by atoms with Gasteiger partial charge in [-0.3, -0.25) is 0 Å². The van der Waals surface area contributed by atoms with Gasteiger partial charge in [-0.2, -0.15) is 5.10 Å². The molecule has 7 nitrogen and oxygen atoms in total. The number of nitrogens with zero attached hydrogens (tertiary/aromatic N) is 3. The molecule has 24 heavy (non-hydrogen) atoms. The van der Waals surface area contributed by atoms with Crippen LogP contribution in [0.25, 0.3) is 5.65 Å². The topological polar surface area (TPSA) is 94.0 Å². The number of fused-ring (bicyclic) bond motifs is 1. The van der Waals surface area contributed by atoms with E-state index in [1.165, 1.54) is 0 Å². The summed E-state index contributed by atoms with van der Waals surface area (Å²) in [4.78, 5) is 15.2. The molecule has 3 N–H and O–H groups in total. The SMILES string of the molecule is C/C(=N\NC(N)=O)c1cccc(OCc2cn3ccccc3n2)c1. The van der Waals surface area contributed by atoms with E-state index in [-0.39, 0.29) is 0 Å². The number of rotatable bonds is 5. The maximum Gasteiger partial charge on any atom is 0.332 e. The highest BCUT2D eigenvalue weighted by molar-refractivity contribution is 5.99. The fourth-order valence-electron chi connectivity index (χ4n) is 2.23. The lowest BCUT2D eigenvalue weighted by Gasteiger charge is -2.07. The summed E-state index contributed by atoms with van der Waals surface area (Å²) in [6, 6.07) is 12.6. The summed E-state index contributed by atoms with van der Waals surface area (Å²) in [5.74, 6) is 0.693. The van der Waals surface area contributed by atoms with E-state index in [4.69, 9.17) is 10.5 Å². The van der Waals surface area contributed by atoms with E-state index in [1.54, 1.807) is 6.92 Å². The highest BCUT2D eigenvalue weighted by atomic mass is 16.5. The van der Waals surface area contributed by atoms with Gasteiger partial charge in [-0.05, 0) is 31.2 Å². The molecule has 0 aliphatic heterocycles. The fraction of sp³-hybridized carbons (Fsp3) is 0.118. The van der Waals surface area contributed by atoms with E-state index in [1.807, 2.05) is 59.3 Å². The Morgan fingerprint density at radius 2 is 2.21 bits per heavy atom. The number of amides is 2. The van der Waals surface area contributed by atoms with Gasteiger partial charge in [0, 0.05) is 18.0 Å². The average Bonchev–Trinajstić information content (AvgIpc) is 3.01. The second kappa shape index (κ2) is 6.82. The summed E-state index contributed by atoms with van der Waals surface area (Å²) < 4.78 is 7.74. The van der Waals surface area contributed by atoms with Crippen LogP contribution >= 0.6 is 0 Å². The summed E-state index contributed by atoms with van der Waals surface area (Å²) in [7, 11) is 0. The molecule has 0 aliphatic carbocycles. The van der Waals surface area contributed by atoms with Gasteiger partial charge in [0.05, 0.1) is 11.4 Å². The largest absolute Gasteiger partial charge is 0.487 e. The molecule has 2 heterocycles. The minimum atomic E-state index is -0.700. The molecule has 3 rings (SSSR count). The maximum atomic E-state index is 10.7. The number of carbonyl (C=O) groups excluding carboxylic acids is 1. The standard InChI is InChI=1S/C17H17N5O2/c1-12(20-21-17(18)23)13-5-4-6-15(9-13)24-11-14-10-22-8-3-2-7-16(22)19-14/h2-10H,11H2,1H3,(H3,18,21,23)/b20-12+. The molecule has 2 aromatic heterocycles. The number of aromatic nitrogens is 2. The highest BCUT2D eigenvalue weighted by Crippen LogP contribution is 2.16. The van der Waals surface area contributed by atoms with Crippen LogP contribution in [-0.4, -0.2) is 21.1 Å². The minimum absolute atomic E-state index is 0.362. The van der Waals surface area contributed by atoms with Crippen LogP contribution in [0.5, 0.6) is 5.75 Å². The number of hydrazone groups is 1. The fourth-order valence-corrected chi connectivity index (χ4v) is 2.23. The first-order chi connectivity index (χ1) is 11.6. The molecular formula is C17H17N5O2. The maximum absolute atomic E-state index is 10.7. The monoisotopic (exact) mass is 323 g/mol. The van der Waals surface area contributed by atoms with Gasteiger partial charge in [0.2, 0.25) is 0 Å². The molecule has 0 fully saturated rings. The van der Waals surface area contributed by atoms with Crippen LogP contribution in [0.15, 0.2) is 60.0 Å². The van der Waals surface area contributed by atoms with Crippen LogP contribution in [0.3, 0.4) is 0 Å². The number of carbonyl (C=O) groups is 1. The summed E-state index contributed by atoms with van der Waals surface area (Å²) in [5.41, 5.74) is 10.4.